The van der Waals surface area contributed by atoms with Gasteiger partial charge in [-0.3, -0.25) is 4.79 Å². The predicted molar refractivity (Wildman–Crippen MR) is 108 cm³/mol. The van der Waals surface area contributed by atoms with Gasteiger partial charge in [-0.05, 0) is 30.2 Å². The molecular formula is C22H28NNaO6. The first-order valence-electron chi connectivity index (χ1n) is 9.54. The number of carbonyl (C=O) groups excluding carboxylic acids is 3. The van der Waals surface area contributed by atoms with Crippen LogP contribution in [0.25, 0.3) is 10.8 Å². The van der Waals surface area contributed by atoms with E-state index in [4.69, 9.17) is 14.6 Å². The van der Waals surface area contributed by atoms with Crippen molar-refractivity contribution in [3.8, 4) is 0 Å². The van der Waals surface area contributed by atoms with Crippen molar-refractivity contribution in [1.82, 2.24) is 5.32 Å². The molecule has 0 saturated carbocycles. The van der Waals surface area contributed by atoms with Crippen molar-refractivity contribution in [1.29, 1.82) is 0 Å². The van der Waals surface area contributed by atoms with Crippen molar-refractivity contribution >= 4 is 28.6 Å². The fourth-order valence-electron chi connectivity index (χ4n) is 2.92. The number of ether oxygens (including phenoxy) is 2. The van der Waals surface area contributed by atoms with E-state index in [0.29, 0.717) is 0 Å². The molecule has 30 heavy (non-hydrogen) atoms. The maximum absolute atomic E-state index is 12.7. The van der Waals surface area contributed by atoms with Gasteiger partial charge in [-0.25, -0.2) is 9.59 Å². The van der Waals surface area contributed by atoms with Crippen molar-refractivity contribution in [2.24, 2.45) is 0 Å². The van der Waals surface area contributed by atoms with Crippen LogP contribution < -0.4 is 40.0 Å². The molecule has 0 unspecified atom stereocenters. The molecule has 0 atom stereocenters. The van der Waals surface area contributed by atoms with Gasteiger partial charge in [0.25, 0.3) is 0 Å². The number of amides is 1. The van der Waals surface area contributed by atoms with E-state index in [9.17, 15) is 14.4 Å². The smallest absolute Gasteiger partial charge is 0.855 e. The molecule has 2 aromatic rings. The third-order valence-corrected chi connectivity index (χ3v) is 3.97. The van der Waals surface area contributed by atoms with Crippen molar-refractivity contribution in [3.05, 3.63) is 48.0 Å². The van der Waals surface area contributed by atoms with Gasteiger partial charge in [0.2, 0.25) is 11.4 Å². The summed E-state index contributed by atoms with van der Waals surface area (Å²) in [5.41, 5.74) is -1.19. The van der Waals surface area contributed by atoms with Gasteiger partial charge in [-0.2, -0.15) is 0 Å². The zero-order valence-corrected chi connectivity index (χ0v) is 20.3. The third kappa shape index (κ3) is 7.40. The number of esters is 2. The minimum atomic E-state index is -1.93. The maximum Gasteiger partial charge on any atom is 1.00 e. The Balaban J connectivity index is 0.00000198. The minimum Gasteiger partial charge on any atom is -0.855 e. The summed E-state index contributed by atoms with van der Waals surface area (Å²) in [7, 11) is 0. The van der Waals surface area contributed by atoms with Crippen molar-refractivity contribution in [3.63, 3.8) is 0 Å². The van der Waals surface area contributed by atoms with Crippen LogP contribution in [0.4, 0.5) is 0 Å². The molecule has 0 spiro atoms. The standard InChI is InChI=1S/C20H23NO5.C2H5O.Na/c1-4-25-18(23)20(21-14(3)22,19(24)26-5-2)13-16-11-8-10-15-9-6-7-12-17(15)16;1-2-3;/h6-12H,4-5,13H2,1-3H3,(H,21,22);2H2,1H3;/q;-1;+1. The summed E-state index contributed by atoms with van der Waals surface area (Å²) in [6.07, 6.45) is -0.0639. The van der Waals surface area contributed by atoms with E-state index in [2.05, 4.69) is 5.32 Å². The fraction of sp³-hybridized carbons (Fsp3) is 0.409. The van der Waals surface area contributed by atoms with E-state index in [-0.39, 0.29) is 55.8 Å². The van der Waals surface area contributed by atoms with Crippen LogP contribution in [0.1, 0.15) is 33.3 Å². The summed E-state index contributed by atoms with van der Waals surface area (Å²) in [5.74, 6) is -2.19. The van der Waals surface area contributed by atoms with E-state index >= 15 is 0 Å². The van der Waals surface area contributed by atoms with E-state index in [1.807, 2.05) is 42.5 Å². The van der Waals surface area contributed by atoms with Crippen LogP contribution >= 0.6 is 0 Å². The molecule has 0 aromatic heterocycles. The Morgan fingerprint density at radius 2 is 1.43 bits per heavy atom. The van der Waals surface area contributed by atoms with Crippen LogP contribution in [0.15, 0.2) is 42.5 Å². The Labute approximate surface area is 199 Å². The van der Waals surface area contributed by atoms with Crippen molar-refractivity contribution in [2.75, 3.05) is 19.8 Å². The van der Waals surface area contributed by atoms with Gasteiger partial charge < -0.3 is 19.9 Å². The van der Waals surface area contributed by atoms with E-state index < -0.39 is 23.4 Å². The molecule has 7 nitrogen and oxygen atoms in total. The monoisotopic (exact) mass is 425 g/mol. The zero-order chi connectivity index (χ0) is 21.9. The molecular weight excluding hydrogens is 397 g/mol. The number of rotatable bonds is 7. The van der Waals surface area contributed by atoms with E-state index in [1.165, 1.54) is 6.92 Å². The van der Waals surface area contributed by atoms with Crippen LogP contribution in [0.5, 0.6) is 0 Å². The number of fused-ring (bicyclic) bond motifs is 1. The zero-order valence-electron chi connectivity index (χ0n) is 18.3. The molecule has 0 aliphatic rings. The van der Waals surface area contributed by atoms with Crippen LogP contribution in [0, 0.1) is 0 Å². The van der Waals surface area contributed by atoms with Crippen LogP contribution in [0.2, 0.25) is 0 Å². The van der Waals surface area contributed by atoms with Gasteiger partial charge in [-0.1, -0.05) is 49.4 Å². The summed E-state index contributed by atoms with van der Waals surface area (Å²) in [6.45, 7) is 6.25. The largest absolute Gasteiger partial charge is 1.00 e. The van der Waals surface area contributed by atoms with Crippen LogP contribution in [0.3, 0.4) is 0 Å². The number of hydrogen-bond acceptors (Lipinski definition) is 6. The van der Waals surface area contributed by atoms with Gasteiger partial charge in [0, 0.05) is 13.3 Å². The molecule has 1 amide bonds. The van der Waals surface area contributed by atoms with E-state index in [1.54, 1.807) is 20.8 Å². The third-order valence-electron chi connectivity index (χ3n) is 3.97. The second kappa shape index (κ2) is 14.1. The molecule has 0 fully saturated rings. The second-order valence-corrected chi connectivity index (χ2v) is 6.13. The molecule has 8 heteroatoms. The molecule has 0 aliphatic carbocycles. The number of hydrogen-bond donors (Lipinski definition) is 1. The molecule has 158 valence electrons. The Morgan fingerprint density at radius 3 is 1.93 bits per heavy atom. The topological polar surface area (TPSA) is 105 Å². The molecule has 0 heterocycles. The molecule has 2 aromatic carbocycles. The van der Waals surface area contributed by atoms with E-state index in [0.717, 1.165) is 16.3 Å². The SMILES string of the molecule is CCOC(=O)C(Cc1cccc2ccccc12)(NC(C)=O)C(=O)OCC.CC[O-].[Na+]. The summed E-state index contributed by atoms with van der Waals surface area (Å²) in [6, 6.07) is 13.2. The maximum atomic E-state index is 12.7. The van der Waals surface area contributed by atoms with Gasteiger partial charge in [-0.15, -0.1) is 6.61 Å². The first kappa shape index (κ1) is 28.1. The summed E-state index contributed by atoms with van der Waals surface area (Å²) in [4.78, 5) is 37.2. The molecule has 2 rings (SSSR count). The first-order valence-corrected chi connectivity index (χ1v) is 9.54. The normalized spacial score (nSPS) is 10.2. The Hall–Kier alpha value is -1.93. The summed E-state index contributed by atoms with van der Waals surface area (Å²) < 4.78 is 10.2. The van der Waals surface area contributed by atoms with Crippen molar-refractivity contribution < 1.29 is 58.5 Å². The summed E-state index contributed by atoms with van der Waals surface area (Å²) in [5, 5.41) is 13.3. The Morgan fingerprint density at radius 1 is 0.933 bits per heavy atom. The van der Waals surface area contributed by atoms with Crippen LogP contribution in [-0.2, 0) is 30.3 Å². The summed E-state index contributed by atoms with van der Waals surface area (Å²) >= 11 is 0. The number of benzene rings is 2. The minimum absolute atomic E-state index is 0. The molecule has 0 aliphatic heterocycles. The van der Waals surface area contributed by atoms with Gasteiger partial charge in [0.05, 0.1) is 13.2 Å². The molecule has 1 N–H and O–H groups in total. The van der Waals surface area contributed by atoms with Gasteiger partial charge in [0.15, 0.2) is 0 Å². The van der Waals surface area contributed by atoms with Gasteiger partial charge >= 0.3 is 41.5 Å². The Bertz CT molecular complexity index is 816. The quantitative estimate of drug-likeness (QED) is 0.338. The molecule has 0 saturated heterocycles. The molecule has 0 bridgehead atoms. The van der Waals surface area contributed by atoms with Gasteiger partial charge in [0.1, 0.15) is 0 Å². The second-order valence-electron chi connectivity index (χ2n) is 6.13. The Kier molecular flexibility index (Phi) is 13.2. The predicted octanol–water partition coefficient (Wildman–Crippen LogP) is -1.25. The van der Waals surface area contributed by atoms with Crippen molar-refractivity contribution in [2.45, 2.75) is 39.7 Å². The fourth-order valence-corrected chi connectivity index (χ4v) is 2.92. The first-order chi connectivity index (χ1) is 13.9. The molecule has 0 radical (unpaired) electrons. The number of nitrogens with one attached hydrogen (secondary N) is 1. The number of carbonyl (C=O) groups is 3. The van der Waals surface area contributed by atoms with Crippen LogP contribution in [-0.4, -0.2) is 43.2 Å². The average molecular weight is 425 g/mol. The average Bonchev–Trinajstić information content (AvgIpc) is 2.68.